The van der Waals surface area contributed by atoms with Crippen molar-refractivity contribution in [3.05, 3.63) is 89.4 Å². The predicted molar refractivity (Wildman–Crippen MR) is 118 cm³/mol. The van der Waals surface area contributed by atoms with Gasteiger partial charge in [0.05, 0.1) is 19.5 Å². The van der Waals surface area contributed by atoms with Gasteiger partial charge >= 0.3 is 0 Å². The average Bonchev–Trinajstić information content (AvgIpc) is 3.27. The zero-order valence-corrected chi connectivity index (χ0v) is 17.7. The van der Waals surface area contributed by atoms with Gasteiger partial charge in [-0.1, -0.05) is 42.5 Å². The minimum atomic E-state index is -0.176. The van der Waals surface area contributed by atoms with E-state index in [1.807, 2.05) is 36.4 Å². The molecule has 5 nitrogen and oxygen atoms in total. The Hall–Kier alpha value is -2.54. The molecule has 1 aliphatic heterocycles. The van der Waals surface area contributed by atoms with Gasteiger partial charge in [0.1, 0.15) is 0 Å². The van der Waals surface area contributed by atoms with E-state index in [1.165, 1.54) is 10.5 Å². The Morgan fingerprint density at radius 1 is 0.933 bits per heavy atom. The lowest BCUT2D eigenvalue weighted by atomic mass is 10.1. The third kappa shape index (κ3) is 5.53. The van der Waals surface area contributed by atoms with Crippen LogP contribution in [0.3, 0.4) is 0 Å². The van der Waals surface area contributed by atoms with Gasteiger partial charge in [0.15, 0.2) is 5.76 Å². The third-order valence-corrected chi connectivity index (χ3v) is 6.21. The second-order valence-electron chi connectivity index (χ2n) is 7.22. The number of thioether (sulfide) groups is 1. The molecule has 1 N–H and O–H groups in total. The van der Waals surface area contributed by atoms with Gasteiger partial charge in [-0.05, 0) is 29.3 Å². The van der Waals surface area contributed by atoms with Crippen molar-refractivity contribution in [3.63, 3.8) is 0 Å². The molecule has 6 heteroatoms. The molecule has 1 aliphatic rings. The van der Waals surface area contributed by atoms with E-state index >= 15 is 0 Å². The molecule has 1 aromatic heterocycles. The first-order valence-corrected chi connectivity index (χ1v) is 11.2. The van der Waals surface area contributed by atoms with Crippen LogP contribution < -0.4 is 5.32 Å². The smallest absolute Gasteiger partial charge is 0.287 e. The fourth-order valence-corrected chi connectivity index (χ4v) is 4.37. The predicted octanol–water partition coefficient (Wildman–Crippen LogP) is 4.33. The van der Waals surface area contributed by atoms with Crippen LogP contribution in [-0.4, -0.2) is 37.1 Å². The Morgan fingerprint density at radius 3 is 2.47 bits per heavy atom. The van der Waals surface area contributed by atoms with Gasteiger partial charge in [-0.15, -0.1) is 11.8 Å². The van der Waals surface area contributed by atoms with Gasteiger partial charge < -0.3 is 14.5 Å². The number of amides is 1. The van der Waals surface area contributed by atoms with E-state index in [0.29, 0.717) is 18.1 Å². The van der Waals surface area contributed by atoms with Crippen molar-refractivity contribution < 1.29 is 13.9 Å². The van der Waals surface area contributed by atoms with Crippen LogP contribution in [0.25, 0.3) is 0 Å². The lowest BCUT2D eigenvalue weighted by Crippen LogP contribution is -2.36. The monoisotopic (exact) mass is 422 g/mol. The number of nitrogens with zero attached hydrogens (tertiary/aromatic N) is 1. The molecule has 0 spiro atoms. The number of hydrogen-bond donors (Lipinski definition) is 1. The van der Waals surface area contributed by atoms with E-state index in [9.17, 15) is 4.79 Å². The van der Waals surface area contributed by atoms with Crippen LogP contribution in [0.2, 0.25) is 0 Å². The lowest BCUT2D eigenvalue weighted by Gasteiger charge is -2.27. The molecule has 2 heterocycles. The first-order valence-electron chi connectivity index (χ1n) is 10.2. The maximum Gasteiger partial charge on any atom is 0.287 e. The molecular formula is C24H26N2O3S. The maximum atomic E-state index is 12.8. The number of rotatable bonds is 8. The molecule has 1 saturated heterocycles. The van der Waals surface area contributed by atoms with Gasteiger partial charge in [0.25, 0.3) is 5.91 Å². The van der Waals surface area contributed by atoms with Crippen molar-refractivity contribution >= 4 is 17.7 Å². The second-order valence-corrected chi connectivity index (χ2v) is 8.27. The Bertz CT molecular complexity index is 952. The molecule has 4 rings (SSSR count). The summed E-state index contributed by atoms with van der Waals surface area (Å²) in [4.78, 5) is 16.3. The molecule has 0 aliphatic carbocycles. The molecule has 0 radical (unpaired) electrons. The van der Waals surface area contributed by atoms with Crippen molar-refractivity contribution in [2.24, 2.45) is 0 Å². The lowest BCUT2D eigenvalue weighted by molar-refractivity contribution is 0.0340. The van der Waals surface area contributed by atoms with Crippen molar-refractivity contribution in [3.8, 4) is 0 Å². The van der Waals surface area contributed by atoms with Crippen LogP contribution in [0.15, 0.2) is 76.2 Å². The zero-order valence-electron chi connectivity index (χ0n) is 16.9. The summed E-state index contributed by atoms with van der Waals surface area (Å²) in [6, 6.07) is 20.3. The molecule has 0 unspecified atom stereocenters. The Kier molecular flexibility index (Phi) is 7.24. The Morgan fingerprint density at radius 2 is 1.67 bits per heavy atom. The van der Waals surface area contributed by atoms with Crippen LogP contribution in [-0.2, 0) is 23.6 Å². The van der Waals surface area contributed by atoms with Crippen molar-refractivity contribution in [2.75, 3.05) is 26.3 Å². The number of benzene rings is 2. The quantitative estimate of drug-likeness (QED) is 0.548. The standard InChI is InChI=1S/C24H26N2O3S/c27-24(23-21(10-13-29-23)18-30-22-8-2-1-3-9-22)25-16-19-6-4-5-7-20(19)17-26-11-14-28-15-12-26/h1-10,13H,11-12,14-18H2,(H,25,27). The van der Waals surface area contributed by atoms with Gasteiger partial charge in [-0.2, -0.15) is 0 Å². The second kappa shape index (κ2) is 10.5. The molecule has 0 saturated carbocycles. The van der Waals surface area contributed by atoms with Crippen molar-refractivity contribution in [1.82, 2.24) is 10.2 Å². The summed E-state index contributed by atoms with van der Waals surface area (Å²) in [6.07, 6.45) is 1.59. The first-order chi connectivity index (χ1) is 14.8. The molecule has 156 valence electrons. The van der Waals surface area contributed by atoms with E-state index in [-0.39, 0.29) is 5.91 Å². The van der Waals surface area contributed by atoms with Crippen LogP contribution in [0, 0.1) is 0 Å². The van der Waals surface area contributed by atoms with Crippen LogP contribution in [0.1, 0.15) is 27.2 Å². The highest BCUT2D eigenvalue weighted by Crippen LogP contribution is 2.25. The average molecular weight is 423 g/mol. The van der Waals surface area contributed by atoms with Crippen LogP contribution in [0.5, 0.6) is 0 Å². The Labute approximate surface area is 181 Å². The highest BCUT2D eigenvalue weighted by molar-refractivity contribution is 7.98. The number of nitrogens with one attached hydrogen (secondary N) is 1. The first kappa shape index (κ1) is 20.7. The van der Waals surface area contributed by atoms with E-state index in [0.717, 1.165) is 44.0 Å². The zero-order chi connectivity index (χ0) is 20.6. The number of furan rings is 1. The summed E-state index contributed by atoms with van der Waals surface area (Å²) in [5.74, 6) is 0.908. The van der Waals surface area contributed by atoms with Gasteiger partial charge in [-0.3, -0.25) is 9.69 Å². The molecule has 0 atom stereocenters. The minimum absolute atomic E-state index is 0.176. The van der Waals surface area contributed by atoms with E-state index in [2.05, 4.69) is 34.5 Å². The van der Waals surface area contributed by atoms with Gasteiger partial charge in [-0.25, -0.2) is 0 Å². The summed E-state index contributed by atoms with van der Waals surface area (Å²) in [6.45, 7) is 4.79. The summed E-state index contributed by atoms with van der Waals surface area (Å²) in [5.41, 5.74) is 3.27. The largest absolute Gasteiger partial charge is 0.459 e. The van der Waals surface area contributed by atoms with Crippen LogP contribution in [0.4, 0.5) is 0 Å². The Balaban J connectivity index is 1.36. The summed E-state index contributed by atoms with van der Waals surface area (Å²) in [5, 5.41) is 3.03. The molecule has 3 aromatic rings. The topological polar surface area (TPSA) is 54.7 Å². The number of hydrogen-bond acceptors (Lipinski definition) is 5. The summed E-state index contributed by atoms with van der Waals surface area (Å²) >= 11 is 1.69. The fraction of sp³-hybridized carbons (Fsp3) is 0.292. The van der Waals surface area contributed by atoms with E-state index < -0.39 is 0 Å². The summed E-state index contributed by atoms with van der Waals surface area (Å²) < 4.78 is 10.9. The van der Waals surface area contributed by atoms with Gasteiger partial charge in [0.2, 0.25) is 0 Å². The fourth-order valence-electron chi connectivity index (χ4n) is 3.47. The number of ether oxygens (including phenoxy) is 1. The maximum absolute atomic E-state index is 12.8. The molecule has 0 bridgehead atoms. The van der Waals surface area contributed by atoms with Crippen LogP contribution >= 0.6 is 11.8 Å². The molecule has 30 heavy (non-hydrogen) atoms. The van der Waals surface area contributed by atoms with Gasteiger partial charge in [0, 0.05) is 42.4 Å². The molecule has 1 fully saturated rings. The van der Waals surface area contributed by atoms with Crippen molar-refractivity contribution in [2.45, 2.75) is 23.7 Å². The van der Waals surface area contributed by atoms with E-state index in [1.54, 1.807) is 18.0 Å². The summed E-state index contributed by atoms with van der Waals surface area (Å²) in [7, 11) is 0. The number of carbonyl (C=O) groups excluding carboxylic acids is 1. The number of morpholine rings is 1. The molecular weight excluding hydrogens is 396 g/mol. The third-order valence-electron chi connectivity index (χ3n) is 5.15. The highest BCUT2D eigenvalue weighted by atomic mass is 32.2. The minimum Gasteiger partial charge on any atom is -0.459 e. The van der Waals surface area contributed by atoms with Crippen molar-refractivity contribution in [1.29, 1.82) is 0 Å². The normalized spacial score (nSPS) is 14.5. The molecule has 1 amide bonds. The van der Waals surface area contributed by atoms with E-state index in [4.69, 9.17) is 9.15 Å². The highest BCUT2D eigenvalue weighted by Gasteiger charge is 2.17. The SMILES string of the molecule is O=C(NCc1ccccc1CN1CCOCC1)c1occc1CSc1ccccc1. The number of carbonyl (C=O) groups is 1. The molecule has 2 aromatic carbocycles.